The molecule has 1 atom stereocenters. The summed E-state index contributed by atoms with van der Waals surface area (Å²) in [6.07, 6.45) is 5.88. The van der Waals surface area contributed by atoms with E-state index in [0.717, 1.165) is 33.8 Å². The van der Waals surface area contributed by atoms with Crippen LogP contribution in [-0.4, -0.2) is 40.2 Å². The number of benzene rings is 1. The molecule has 1 aliphatic rings. The van der Waals surface area contributed by atoms with E-state index in [2.05, 4.69) is 25.6 Å². The molecular formula is C20H23N5O2S. The highest BCUT2D eigenvalue weighted by molar-refractivity contribution is 7.19. The molecule has 1 fully saturated rings. The Kier molecular flexibility index (Phi) is 5.50. The highest BCUT2D eigenvalue weighted by atomic mass is 32.1. The molecule has 146 valence electrons. The number of aromatic nitrogens is 3. The summed E-state index contributed by atoms with van der Waals surface area (Å²) >= 11 is 1.44. The maximum absolute atomic E-state index is 12.2. The van der Waals surface area contributed by atoms with Crippen molar-refractivity contribution in [3.8, 4) is 10.4 Å². The minimum atomic E-state index is -0.272. The summed E-state index contributed by atoms with van der Waals surface area (Å²) in [6.45, 7) is 5.16. The molecule has 2 amide bonds. The van der Waals surface area contributed by atoms with Crippen molar-refractivity contribution in [2.45, 2.75) is 32.8 Å². The second-order valence-corrected chi connectivity index (χ2v) is 8.11. The lowest BCUT2D eigenvalue weighted by Gasteiger charge is -2.13. The quantitative estimate of drug-likeness (QED) is 0.629. The van der Waals surface area contributed by atoms with Crippen LogP contribution in [0.2, 0.25) is 0 Å². The molecule has 1 aliphatic carbocycles. The molecule has 2 aromatic heterocycles. The molecule has 0 unspecified atom stereocenters. The van der Waals surface area contributed by atoms with E-state index < -0.39 is 0 Å². The second kappa shape index (κ2) is 8.20. The zero-order chi connectivity index (χ0) is 19.5. The van der Waals surface area contributed by atoms with E-state index in [0.29, 0.717) is 17.6 Å². The fourth-order valence-corrected chi connectivity index (χ4v) is 3.80. The lowest BCUT2D eigenvalue weighted by molar-refractivity contribution is 0.0601. The molecular weight excluding hydrogens is 374 g/mol. The van der Waals surface area contributed by atoms with Crippen LogP contribution in [0, 0.1) is 12.8 Å². The van der Waals surface area contributed by atoms with Crippen LogP contribution in [0.1, 0.15) is 25.5 Å². The average molecular weight is 398 g/mol. The molecule has 0 spiro atoms. The van der Waals surface area contributed by atoms with Crippen LogP contribution in [-0.2, 0) is 4.74 Å². The van der Waals surface area contributed by atoms with E-state index in [1.165, 1.54) is 24.2 Å². The highest BCUT2D eigenvalue weighted by Gasteiger charge is 2.22. The van der Waals surface area contributed by atoms with Gasteiger partial charge in [0.15, 0.2) is 5.13 Å². The molecule has 2 N–H and O–H groups in total. The van der Waals surface area contributed by atoms with E-state index in [1.54, 1.807) is 12.4 Å². The molecule has 7 nitrogen and oxygen atoms in total. The molecule has 0 saturated heterocycles. The van der Waals surface area contributed by atoms with Crippen molar-refractivity contribution in [1.82, 2.24) is 20.3 Å². The first-order valence-corrected chi connectivity index (χ1v) is 10.2. The van der Waals surface area contributed by atoms with E-state index in [1.807, 2.05) is 32.0 Å². The Hall–Kier alpha value is -2.58. The van der Waals surface area contributed by atoms with Gasteiger partial charge in [-0.25, -0.2) is 9.78 Å². The van der Waals surface area contributed by atoms with E-state index >= 15 is 0 Å². The van der Waals surface area contributed by atoms with Crippen LogP contribution >= 0.6 is 11.3 Å². The minimum absolute atomic E-state index is 0.00125. The SMILES string of the molecule is Cc1nc(NC(=O)NC[C@H](C)OCC2CC2)sc1-c1ccc2nccnc2c1. The van der Waals surface area contributed by atoms with Crippen LogP contribution in [0.15, 0.2) is 30.6 Å². The Morgan fingerprint density at radius 2 is 2.07 bits per heavy atom. The summed E-state index contributed by atoms with van der Waals surface area (Å²) in [5.41, 5.74) is 3.56. The molecule has 4 rings (SSSR count). The maximum atomic E-state index is 12.2. The zero-order valence-electron chi connectivity index (χ0n) is 15.9. The molecule has 1 aromatic carbocycles. The second-order valence-electron chi connectivity index (χ2n) is 7.12. The zero-order valence-corrected chi connectivity index (χ0v) is 16.8. The van der Waals surface area contributed by atoms with Gasteiger partial charge >= 0.3 is 6.03 Å². The van der Waals surface area contributed by atoms with Crippen LogP contribution in [0.3, 0.4) is 0 Å². The molecule has 1 saturated carbocycles. The van der Waals surface area contributed by atoms with Gasteiger partial charge in [-0.15, -0.1) is 0 Å². The number of hydrogen-bond acceptors (Lipinski definition) is 6. The smallest absolute Gasteiger partial charge is 0.321 e. The topological polar surface area (TPSA) is 89.0 Å². The fraction of sp³-hybridized carbons (Fsp3) is 0.400. The molecule has 0 radical (unpaired) electrons. The lowest BCUT2D eigenvalue weighted by Crippen LogP contribution is -2.35. The lowest BCUT2D eigenvalue weighted by atomic mass is 10.1. The number of carbonyl (C=O) groups excluding carboxylic acids is 1. The third kappa shape index (κ3) is 4.63. The summed E-state index contributed by atoms with van der Waals surface area (Å²) in [5.74, 6) is 0.717. The van der Waals surface area contributed by atoms with Gasteiger partial charge in [0.2, 0.25) is 0 Å². The number of nitrogens with one attached hydrogen (secondary N) is 2. The van der Waals surface area contributed by atoms with Crippen molar-refractivity contribution in [2.24, 2.45) is 5.92 Å². The number of ether oxygens (including phenoxy) is 1. The number of anilines is 1. The predicted molar refractivity (Wildman–Crippen MR) is 111 cm³/mol. The number of hydrogen-bond donors (Lipinski definition) is 2. The largest absolute Gasteiger partial charge is 0.376 e. The van der Waals surface area contributed by atoms with Crippen molar-refractivity contribution in [1.29, 1.82) is 0 Å². The van der Waals surface area contributed by atoms with Crippen LogP contribution < -0.4 is 10.6 Å². The molecule has 0 aliphatic heterocycles. The van der Waals surface area contributed by atoms with Gasteiger partial charge in [0.1, 0.15) is 0 Å². The summed E-state index contributed by atoms with van der Waals surface area (Å²) in [4.78, 5) is 26.3. The Labute approximate surface area is 167 Å². The van der Waals surface area contributed by atoms with Gasteiger partial charge in [-0.05, 0) is 50.3 Å². The normalized spacial score (nSPS) is 14.8. The van der Waals surface area contributed by atoms with Gasteiger partial charge in [0, 0.05) is 25.5 Å². The standard InChI is InChI=1S/C20H23N5O2S/c1-12(27-11-14-3-4-14)10-23-19(26)25-20-24-13(2)18(28-20)15-5-6-16-17(9-15)22-8-7-21-16/h5-9,12,14H,3-4,10-11H2,1-2H3,(H2,23,24,25,26)/t12-/m0/s1. The van der Waals surface area contributed by atoms with Crippen molar-refractivity contribution in [3.63, 3.8) is 0 Å². The predicted octanol–water partition coefficient (Wildman–Crippen LogP) is 4.00. The molecule has 2 heterocycles. The van der Waals surface area contributed by atoms with Gasteiger partial charge in [-0.3, -0.25) is 15.3 Å². The van der Waals surface area contributed by atoms with Gasteiger partial charge in [0.05, 0.1) is 27.7 Å². The first kappa shape index (κ1) is 18.8. The molecule has 0 bridgehead atoms. The van der Waals surface area contributed by atoms with Crippen LogP contribution in [0.4, 0.5) is 9.93 Å². The third-order valence-corrected chi connectivity index (χ3v) is 5.73. The van der Waals surface area contributed by atoms with Crippen molar-refractivity contribution < 1.29 is 9.53 Å². The number of thiazole rings is 1. The van der Waals surface area contributed by atoms with Crippen molar-refractivity contribution in [2.75, 3.05) is 18.5 Å². The Bertz CT molecular complexity index is 986. The number of nitrogens with zero attached hydrogens (tertiary/aromatic N) is 3. The first-order valence-electron chi connectivity index (χ1n) is 9.43. The molecule has 8 heteroatoms. The number of carbonyl (C=O) groups is 1. The monoisotopic (exact) mass is 397 g/mol. The van der Waals surface area contributed by atoms with E-state index in [-0.39, 0.29) is 12.1 Å². The Balaban J connectivity index is 1.37. The number of amides is 2. The summed E-state index contributed by atoms with van der Waals surface area (Å²) < 4.78 is 5.72. The van der Waals surface area contributed by atoms with Crippen molar-refractivity contribution in [3.05, 3.63) is 36.3 Å². The first-order chi connectivity index (χ1) is 13.6. The Morgan fingerprint density at radius 3 is 2.86 bits per heavy atom. The van der Waals surface area contributed by atoms with Gasteiger partial charge < -0.3 is 10.1 Å². The number of urea groups is 1. The minimum Gasteiger partial charge on any atom is -0.376 e. The molecule has 3 aromatic rings. The fourth-order valence-electron chi connectivity index (χ4n) is 2.84. The third-order valence-electron chi connectivity index (χ3n) is 4.61. The van der Waals surface area contributed by atoms with Crippen LogP contribution in [0.25, 0.3) is 21.5 Å². The summed E-state index contributed by atoms with van der Waals surface area (Å²) in [7, 11) is 0. The van der Waals surface area contributed by atoms with E-state index in [4.69, 9.17) is 4.74 Å². The summed E-state index contributed by atoms with van der Waals surface area (Å²) in [5, 5.41) is 6.22. The highest BCUT2D eigenvalue weighted by Crippen LogP contribution is 2.33. The Morgan fingerprint density at radius 1 is 1.29 bits per heavy atom. The number of rotatable bonds is 7. The number of fused-ring (bicyclic) bond motifs is 1. The van der Waals surface area contributed by atoms with Gasteiger partial charge in [-0.2, -0.15) is 0 Å². The summed E-state index contributed by atoms with van der Waals surface area (Å²) in [6, 6.07) is 5.66. The average Bonchev–Trinajstić information content (AvgIpc) is 3.46. The molecule has 28 heavy (non-hydrogen) atoms. The van der Waals surface area contributed by atoms with Crippen LogP contribution in [0.5, 0.6) is 0 Å². The van der Waals surface area contributed by atoms with Gasteiger partial charge in [0.25, 0.3) is 0 Å². The van der Waals surface area contributed by atoms with E-state index in [9.17, 15) is 4.79 Å². The number of aryl methyl sites for hydroxylation is 1. The maximum Gasteiger partial charge on any atom is 0.321 e. The van der Waals surface area contributed by atoms with Gasteiger partial charge in [-0.1, -0.05) is 17.4 Å². The van der Waals surface area contributed by atoms with Crippen molar-refractivity contribution >= 4 is 33.5 Å².